The topological polar surface area (TPSA) is 87.9 Å². The van der Waals surface area contributed by atoms with Gasteiger partial charge in [0.2, 0.25) is 0 Å². The number of amides is 1. The van der Waals surface area contributed by atoms with Gasteiger partial charge in [-0.25, -0.2) is 4.98 Å². The van der Waals surface area contributed by atoms with Crippen molar-refractivity contribution in [2.75, 3.05) is 0 Å². The van der Waals surface area contributed by atoms with Gasteiger partial charge in [-0.05, 0) is 79.1 Å². The number of benzene rings is 3. The Labute approximate surface area is 232 Å². The smallest absolute Gasteiger partial charge is 0.252 e. The van der Waals surface area contributed by atoms with Crippen LogP contribution in [0.3, 0.4) is 0 Å². The van der Waals surface area contributed by atoms with Crippen LogP contribution in [0, 0.1) is 6.92 Å². The van der Waals surface area contributed by atoms with Crippen molar-refractivity contribution in [1.29, 1.82) is 0 Å². The molecular weight excluding hydrogens is 498 g/mol. The number of nitrogens with zero attached hydrogens (tertiary/aromatic N) is 3. The lowest BCUT2D eigenvalue weighted by Gasteiger charge is -2.15. The molecule has 200 valence electrons. The fourth-order valence-electron chi connectivity index (χ4n) is 6.24. The maximum absolute atomic E-state index is 12.8. The largest absolute Gasteiger partial charge is 0.508 e. The number of aryl methyl sites for hydroxylation is 4. The molecule has 7 heteroatoms. The number of aromatic hydroxyl groups is 1. The van der Waals surface area contributed by atoms with Gasteiger partial charge in [-0.3, -0.25) is 4.79 Å². The van der Waals surface area contributed by atoms with E-state index in [-0.39, 0.29) is 17.7 Å². The molecular formula is C33H31N5O2. The van der Waals surface area contributed by atoms with Crippen LogP contribution in [-0.2, 0) is 26.4 Å². The van der Waals surface area contributed by atoms with E-state index in [4.69, 9.17) is 0 Å². The van der Waals surface area contributed by atoms with Gasteiger partial charge in [0, 0.05) is 52.2 Å². The highest BCUT2D eigenvalue weighted by Gasteiger charge is 2.33. The fourth-order valence-corrected chi connectivity index (χ4v) is 6.24. The second kappa shape index (κ2) is 9.45. The average Bonchev–Trinajstić information content (AvgIpc) is 3.68. The zero-order chi connectivity index (χ0) is 27.4. The van der Waals surface area contributed by atoms with Crippen molar-refractivity contribution in [2.24, 2.45) is 7.05 Å². The Morgan fingerprint density at radius 3 is 2.75 bits per heavy atom. The van der Waals surface area contributed by atoms with Gasteiger partial charge in [0.25, 0.3) is 5.91 Å². The summed E-state index contributed by atoms with van der Waals surface area (Å²) in [6.07, 6.45) is 6.65. The van der Waals surface area contributed by atoms with Gasteiger partial charge >= 0.3 is 0 Å². The van der Waals surface area contributed by atoms with E-state index in [1.807, 2.05) is 30.1 Å². The lowest BCUT2D eigenvalue weighted by Crippen LogP contribution is -2.20. The SMILES string of the molecule is Cc1cc2ccc(CCCc3[nH]c4ccccc4c3C3NC(=O)c4ccc(O)cc43)cc2n1Cc1cn(C)cn1. The number of nitrogens with one attached hydrogen (secondary N) is 2. The van der Waals surface area contributed by atoms with Gasteiger partial charge in [0.15, 0.2) is 0 Å². The number of carbonyl (C=O) groups is 1. The molecule has 7 rings (SSSR count). The predicted molar refractivity (Wildman–Crippen MR) is 157 cm³/mol. The highest BCUT2D eigenvalue weighted by atomic mass is 16.3. The van der Waals surface area contributed by atoms with Gasteiger partial charge < -0.3 is 24.5 Å². The van der Waals surface area contributed by atoms with E-state index >= 15 is 0 Å². The molecule has 1 unspecified atom stereocenters. The Bertz CT molecular complexity index is 1910. The summed E-state index contributed by atoms with van der Waals surface area (Å²) in [6.45, 7) is 2.90. The van der Waals surface area contributed by atoms with Crippen LogP contribution in [0.5, 0.6) is 5.75 Å². The molecule has 0 spiro atoms. The zero-order valence-corrected chi connectivity index (χ0v) is 22.6. The molecule has 0 radical (unpaired) electrons. The van der Waals surface area contributed by atoms with Gasteiger partial charge in [-0.15, -0.1) is 0 Å². The summed E-state index contributed by atoms with van der Waals surface area (Å²) in [6, 6.07) is 21.9. The number of H-pyrrole nitrogens is 1. The number of imidazole rings is 1. The number of phenolic OH excluding ortho intramolecular Hbond substituents is 1. The minimum atomic E-state index is -0.296. The molecule has 6 aromatic rings. The number of aromatic amines is 1. The van der Waals surface area contributed by atoms with E-state index in [1.54, 1.807) is 18.2 Å². The summed E-state index contributed by atoms with van der Waals surface area (Å²) < 4.78 is 4.32. The first-order valence-electron chi connectivity index (χ1n) is 13.7. The summed E-state index contributed by atoms with van der Waals surface area (Å²) in [5, 5.41) is 15.7. The number of phenols is 1. The van der Waals surface area contributed by atoms with Crippen LogP contribution in [0.2, 0.25) is 0 Å². The highest BCUT2D eigenvalue weighted by Crippen LogP contribution is 2.39. The van der Waals surface area contributed by atoms with Crippen molar-refractivity contribution in [1.82, 2.24) is 24.4 Å². The van der Waals surface area contributed by atoms with E-state index < -0.39 is 0 Å². The van der Waals surface area contributed by atoms with Gasteiger partial charge in [0.05, 0.1) is 24.6 Å². The number of hydrogen-bond donors (Lipinski definition) is 3. The quantitative estimate of drug-likeness (QED) is 0.240. The fraction of sp³-hybridized carbons (Fsp3) is 0.212. The Hall–Kier alpha value is -4.78. The third kappa shape index (κ3) is 4.14. The third-order valence-corrected chi connectivity index (χ3v) is 8.13. The van der Waals surface area contributed by atoms with Crippen molar-refractivity contribution in [3.8, 4) is 5.75 Å². The van der Waals surface area contributed by atoms with E-state index in [1.165, 1.54) is 22.2 Å². The maximum atomic E-state index is 12.8. The van der Waals surface area contributed by atoms with Gasteiger partial charge in [0.1, 0.15) is 5.75 Å². The van der Waals surface area contributed by atoms with Crippen LogP contribution in [-0.4, -0.2) is 30.1 Å². The summed E-state index contributed by atoms with van der Waals surface area (Å²) in [5.74, 6) is 0.0635. The van der Waals surface area contributed by atoms with E-state index in [9.17, 15) is 9.90 Å². The molecule has 1 atom stereocenters. The summed E-state index contributed by atoms with van der Waals surface area (Å²) in [5.41, 5.74) is 9.52. The molecule has 3 aromatic carbocycles. The number of para-hydroxylation sites is 1. The van der Waals surface area contributed by atoms with Crippen molar-refractivity contribution >= 4 is 27.7 Å². The molecule has 3 N–H and O–H groups in total. The standard InChI is InChI=1S/C33H31N5O2/c1-20-14-22-11-10-21(15-30(22)38(20)18-23-17-37(2)19-34-23)6-5-9-29-31(26-7-3-4-8-28(26)35-29)32-27-16-24(39)12-13-25(27)33(40)36-32/h3-4,7-8,10-17,19,32,35,39H,5-6,9,18H2,1-2H3,(H,36,40). The van der Waals surface area contributed by atoms with E-state index in [0.29, 0.717) is 5.56 Å². The number of rotatable bonds is 7. The minimum absolute atomic E-state index is 0.103. The first-order valence-corrected chi connectivity index (χ1v) is 13.7. The number of carbonyl (C=O) groups excluding carboxylic acids is 1. The number of aromatic nitrogens is 4. The molecule has 1 aliphatic heterocycles. The summed E-state index contributed by atoms with van der Waals surface area (Å²) >= 11 is 0. The molecule has 1 aliphatic rings. The molecule has 3 aromatic heterocycles. The Balaban J connectivity index is 1.16. The van der Waals surface area contributed by atoms with Crippen molar-refractivity contribution in [3.05, 3.63) is 119 Å². The molecule has 0 saturated carbocycles. The molecule has 0 fully saturated rings. The first kappa shape index (κ1) is 24.3. The van der Waals surface area contributed by atoms with Crippen LogP contribution in [0.4, 0.5) is 0 Å². The summed E-state index contributed by atoms with van der Waals surface area (Å²) in [7, 11) is 2.00. The average molecular weight is 530 g/mol. The maximum Gasteiger partial charge on any atom is 0.252 e. The normalized spacial score (nSPS) is 14.8. The Morgan fingerprint density at radius 2 is 1.90 bits per heavy atom. The second-order valence-corrected chi connectivity index (χ2v) is 10.9. The van der Waals surface area contributed by atoms with Crippen LogP contribution in [0.15, 0.2) is 79.3 Å². The molecule has 0 bridgehead atoms. The molecule has 40 heavy (non-hydrogen) atoms. The number of fused-ring (bicyclic) bond motifs is 3. The minimum Gasteiger partial charge on any atom is -0.508 e. The lowest BCUT2D eigenvalue weighted by molar-refractivity contribution is 0.0960. The summed E-state index contributed by atoms with van der Waals surface area (Å²) in [4.78, 5) is 20.9. The monoisotopic (exact) mass is 529 g/mol. The Kier molecular flexibility index (Phi) is 5.73. The van der Waals surface area contributed by atoms with Gasteiger partial charge in [-0.2, -0.15) is 0 Å². The van der Waals surface area contributed by atoms with Crippen LogP contribution in [0.1, 0.15) is 56.6 Å². The predicted octanol–water partition coefficient (Wildman–Crippen LogP) is 5.93. The molecule has 4 heterocycles. The van der Waals surface area contributed by atoms with Crippen LogP contribution >= 0.6 is 0 Å². The number of hydrogen-bond acceptors (Lipinski definition) is 3. The highest BCUT2D eigenvalue weighted by molar-refractivity contribution is 6.01. The molecule has 1 amide bonds. The van der Waals surface area contributed by atoms with E-state index in [0.717, 1.165) is 59.2 Å². The van der Waals surface area contributed by atoms with E-state index in [2.05, 4.69) is 69.4 Å². The lowest BCUT2D eigenvalue weighted by atomic mass is 9.94. The molecule has 0 saturated heterocycles. The van der Waals surface area contributed by atoms with Crippen molar-refractivity contribution in [3.63, 3.8) is 0 Å². The van der Waals surface area contributed by atoms with Crippen LogP contribution < -0.4 is 5.32 Å². The first-order chi connectivity index (χ1) is 19.4. The molecule has 0 aliphatic carbocycles. The van der Waals surface area contributed by atoms with Crippen molar-refractivity contribution < 1.29 is 9.90 Å². The molecule has 7 nitrogen and oxygen atoms in total. The second-order valence-electron chi connectivity index (χ2n) is 10.9. The van der Waals surface area contributed by atoms with Gasteiger partial charge in [-0.1, -0.05) is 30.3 Å². The van der Waals surface area contributed by atoms with Crippen molar-refractivity contribution in [2.45, 2.75) is 38.8 Å². The Morgan fingerprint density at radius 1 is 1.02 bits per heavy atom. The van der Waals surface area contributed by atoms with Crippen LogP contribution in [0.25, 0.3) is 21.8 Å². The zero-order valence-electron chi connectivity index (χ0n) is 22.6. The third-order valence-electron chi connectivity index (χ3n) is 8.13.